The fourth-order valence-electron chi connectivity index (χ4n) is 2.51. The number of hydrogen-bond donors (Lipinski definition) is 1. The Labute approximate surface area is 158 Å². The van der Waals surface area contributed by atoms with Crippen LogP contribution in [-0.2, 0) is 19.6 Å². The number of ether oxygens (including phenoxy) is 1. The lowest BCUT2D eigenvalue weighted by atomic mass is 10.3. The molecule has 1 aliphatic rings. The topological polar surface area (TPSA) is 101 Å². The van der Waals surface area contributed by atoms with E-state index in [1.165, 1.54) is 42.5 Å². The number of halogens is 1. The molecule has 1 unspecified atom stereocenters. The minimum Gasteiger partial charge on any atom is -0.480 e. The molecule has 2 aromatic rings. The summed E-state index contributed by atoms with van der Waals surface area (Å²) >= 11 is 0.793. The van der Waals surface area contributed by atoms with Crippen LogP contribution in [0.2, 0.25) is 0 Å². The van der Waals surface area contributed by atoms with E-state index in [1.54, 1.807) is 6.07 Å². The summed E-state index contributed by atoms with van der Waals surface area (Å²) < 4.78 is 45.2. The molecule has 2 aromatic carbocycles. The monoisotopic (exact) mass is 411 g/mol. The summed E-state index contributed by atoms with van der Waals surface area (Å²) in [6, 6.07) is 9.09. The summed E-state index contributed by atoms with van der Waals surface area (Å²) in [7, 11) is -4.20. The van der Waals surface area contributed by atoms with Gasteiger partial charge in [0.15, 0.2) is 17.6 Å². The van der Waals surface area contributed by atoms with E-state index in [4.69, 9.17) is 4.74 Å². The van der Waals surface area contributed by atoms with Crippen LogP contribution in [0.25, 0.3) is 0 Å². The molecule has 0 radical (unpaired) electrons. The molecule has 0 spiro atoms. The first-order valence-electron chi connectivity index (χ1n) is 7.74. The van der Waals surface area contributed by atoms with Crippen LogP contribution in [-0.4, -0.2) is 47.3 Å². The Hall–Kier alpha value is -2.43. The van der Waals surface area contributed by atoms with Gasteiger partial charge >= 0.3 is 5.97 Å². The van der Waals surface area contributed by atoms with Crippen molar-refractivity contribution in [2.45, 2.75) is 10.9 Å². The SMILES string of the molecule is O=C(O)C1C(=O)SCCN1S(=O)(=O)c1ccc(Oc2ccccc2F)cc1. The number of nitrogens with zero attached hydrogens (tertiary/aromatic N) is 1. The van der Waals surface area contributed by atoms with E-state index in [9.17, 15) is 27.5 Å². The Morgan fingerprint density at radius 2 is 1.85 bits per heavy atom. The fourth-order valence-corrected chi connectivity index (χ4v) is 5.12. The summed E-state index contributed by atoms with van der Waals surface area (Å²) in [6.07, 6.45) is 0. The Morgan fingerprint density at radius 1 is 1.19 bits per heavy atom. The number of hydrogen-bond acceptors (Lipinski definition) is 6. The lowest BCUT2D eigenvalue weighted by Crippen LogP contribution is -2.52. The summed E-state index contributed by atoms with van der Waals surface area (Å²) in [5.74, 6) is -1.72. The number of carbonyl (C=O) groups excluding carboxylic acids is 1. The minimum atomic E-state index is -4.20. The minimum absolute atomic E-state index is 0.0160. The van der Waals surface area contributed by atoms with Crippen molar-refractivity contribution < 1.29 is 32.2 Å². The van der Waals surface area contributed by atoms with Crippen LogP contribution in [0.1, 0.15) is 0 Å². The fraction of sp³-hybridized carbons (Fsp3) is 0.176. The molecular formula is C17H14FNO6S2. The van der Waals surface area contributed by atoms with Gasteiger partial charge in [0, 0.05) is 12.3 Å². The summed E-state index contributed by atoms with van der Waals surface area (Å²) in [5, 5.41) is 8.50. The number of rotatable bonds is 5. The number of aliphatic carboxylic acids is 1. The molecule has 1 saturated heterocycles. The zero-order chi connectivity index (χ0) is 19.6. The van der Waals surface area contributed by atoms with Gasteiger partial charge in [-0.2, -0.15) is 4.31 Å². The molecule has 0 aromatic heterocycles. The predicted molar refractivity (Wildman–Crippen MR) is 95.7 cm³/mol. The number of para-hydroxylation sites is 1. The molecule has 1 atom stereocenters. The molecule has 1 fully saturated rings. The van der Waals surface area contributed by atoms with Gasteiger partial charge in [-0.05, 0) is 36.4 Å². The molecule has 1 aliphatic heterocycles. The molecule has 7 nitrogen and oxygen atoms in total. The van der Waals surface area contributed by atoms with Crippen molar-refractivity contribution in [2.24, 2.45) is 0 Å². The average Bonchev–Trinajstić information content (AvgIpc) is 2.63. The van der Waals surface area contributed by atoms with Crippen molar-refractivity contribution in [3.8, 4) is 11.5 Å². The van der Waals surface area contributed by atoms with Gasteiger partial charge in [0.25, 0.3) is 0 Å². The van der Waals surface area contributed by atoms with Gasteiger partial charge in [-0.25, -0.2) is 17.6 Å². The first-order chi connectivity index (χ1) is 12.8. The number of thioether (sulfide) groups is 1. The van der Waals surface area contributed by atoms with Gasteiger partial charge in [0.1, 0.15) is 5.75 Å². The average molecular weight is 411 g/mol. The number of carboxylic acid groups (broad SMARTS) is 1. The van der Waals surface area contributed by atoms with Crippen LogP contribution in [0, 0.1) is 5.82 Å². The van der Waals surface area contributed by atoms with Crippen molar-refractivity contribution in [3.05, 3.63) is 54.3 Å². The van der Waals surface area contributed by atoms with E-state index in [-0.39, 0.29) is 28.7 Å². The van der Waals surface area contributed by atoms with Gasteiger partial charge in [-0.3, -0.25) is 4.79 Å². The molecule has 0 saturated carbocycles. The zero-order valence-electron chi connectivity index (χ0n) is 13.7. The van der Waals surface area contributed by atoms with Crippen LogP contribution in [0.3, 0.4) is 0 Å². The quantitative estimate of drug-likeness (QED) is 0.754. The highest BCUT2D eigenvalue weighted by Crippen LogP contribution is 2.29. The zero-order valence-corrected chi connectivity index (χ0v) is 15.4. The third-order valence-electron chi connectivity index (χ3n) is 3.80. The molecule has 1 N–H and O–H groups in total. The normalized spacial score (nSPS) is 18.3. The molecular weight excluding hydrogens is 397 g/mol. The Kier molecular flexibility index (Phi) is 5.49. The summed E-state index contributed by atoms with van der Waals surface area (Å²) in [5.41, 5.74) is 0. The predicted octanol–water partition coefficient (Wildman–Crippen LogP) is 2.34. The standard InChI is InChI=1S/C17H14FNO6S2/c18-13-3-1-2-4-14(13)25-11-5-7-12(8-6-11)27(23,24)19-9-10-26-17(22)15(19)16(20)21/h1-8,15H,9-10H2,(H,20,21). The van der Waals surface area contributed by atoms with E-state index in [1.807, 2.05) is 0 Å². The molecule has 0 bridgehead atoms. The largest absolute Gasteiger partial charge is 0.480 e. The third kappa shape index (κ3) is 3.97. The number of carboxylic acids is 1. The number of carbonyl (C=O) groups is 2. The number of benzene rings is 2. The van der Waals surface area contributed by atoms with Gasteiger partial charge < -0.3 is 9.84 Å². The van der Waals surface area contributed by atoms with Crippen molar-refractivity contribution >= 4 is 32.9 Å². The van der Waals surface area contributed by atoms with E-state index in [2.05, 4.69) is 0 Å². The van der Waals surface area contributed by atoms with E-state index in [0.717, 1.165) is 11.8 Å². The smallest absolute Gasteiger partial charge is 0.330 e. The highest BCUT2D eigenvalue weighted by atomic mass is 32.2. The second kappa shape index (κ2) is 7.67. The second-order valence-electron chi connectivity index (χ2n) is 5.53. The van der Waals surface area contributed by atoms with Crippen molar-refractivity contribution in [3.63, 3.8) is 0 Å². The Morgan fingerprint density at radius 3 is 2.48 bits per heavy atom. The molecule has 10 heteroatoms. The maximum absolute atomic E-state index is 13.6. The van der Waals surface area contributed by atoms with E-state index < -0.39 is 33.0 Å². The highest BCUT2D eigenvalue weighted by molar-refractivity contribution is 8.14. The van der Waals surface area contributed by atoms with E-state index >= 15 is 0 Å². The molecule has 142 valence electrons. The van der Waals surface area contributed by atoms with Crippen molar-refractivity contribution in [1.82, 2.24) is 4.31 Å². The van der Waals surface area contributed by atoms with Crippen LogP contribution in [0.5, 0.6) is 11.5 Å². The summed E-state index contributed by atoms with van der Waals surface area (Å²) in [4.78, 5) is 23.0. The van der Waals surface area contributed by atoms with Crippen LogP contribution >= 0.6 is 11.8 Å². The van der Waals surface area contributed by atoms with Crippen LogP contribution in [0.15, 0.2) is 53.4 Å². The first-order valence-corrected chi connectivity index (χ1v) is 10.2. The summed E-state index contributed by atoms with van der Waals surface area (Å²) in [6.45, 7) is -0.0941. The number of sulfonamides is 1. The molecule has 0 amide bonds. The van der Waals surface area contributed by atoms with Crippen LogP contribution < -0.4 is 4.74 Å². The maximum atomic E-state index is 13.6. The van der Waals surface area contributed by atoms with Crippen molar-refractivity contribution in [1.29, 1.82) is 0 Å². The van der Waals surface area contributed by atoms with Gasteiger partial charge in [-0.15, -0.1) is 0 Å². The lowest BCUT2D eigenvalue weighted by Gasteiger charge is -2.30. The third-order valence-corrected chi connectivity index (χ3v) is 6.57. The van der Waals surface area contributed by atoms with Gasteiger partial charge in [-0.1, -0.05) is 23.9 Å². The van der Waals surface area contributed by atoms with Crippen molar-refractivity contribution in [2.75, 3.05) is 12.3 Å². The molecule has 0 aliphatic carbocycles. The van der Waals surface area contributed by atoms with Crippen LogP contribution in [0.4, 0.5) is 4.39 Å². The lowest BCUT2D eigenvalue weighted by molar-refractivity contribution is -0.144. The first kappa shape index (κ1) is 19.3. The second-order valence-corrected chi connectivity index (χ2v) is 8.52. The Bertz CT molecular complexity index is 977. The molecule has 3 rings (SSSR count). The molecule has 27 heavy (non-hydrogen) atoms. The maximum Gasteiger partial charge on any atom is 0.330 e. The molecule has 1 heterocycles. The Balaban J connectivity index is 1.86. The highest BCUT2D eigenvalue weighted by Gasteiger charge is 2.43. The van der Waals surface area contributed by atoms with Gasteiger partial charge in [0.05, 0.1) is 4.90 Å². The van der Waals surface area contributed by atoms with Gasteiger partial charge in [0.2, 0.25) is 15.1 Å². The van der Waals surface area contributed by atoms with E-state index in [0.29, 0.717) is 4.31 Å².